The highest BCUT2D eigenvalue weighted by atomic mass is 35.5. The van der Waals surface area contributed by atoms with Gasteiger partial charge in [0, 0.05) is 12.4 Å². The van der Waals surface area contributed by atoms with Crippen molar-refractivity contribution in [3.8, 4) is 0 Å². The summed E-state index contributed by atoms with van der Waals surface area (Å²) in [6, 6.07) is 5.42. The number of nitrogens with zero attached hydrogens (tertiary/aromatic N) is 3. The van der Waals surface area contributed by atoms with Crippen molar-refractivity contribution in [2.45, 2.75) is 0 Å². The molecule has 110 valence electrons. The van der Waals surface area contributed by atoms with Crippen molar-refractivity contribution < 1.29 is 9.90 Å². The average Bonchev–Trinajstić information content (AvgIpc) is 2.95. The van der Waals surface area contributed by atoms with Gasteiger partial charge in [-0.2, -0.15) is 0 Å². The molecule has 0 fully saturated rings. The van der Waals surface area contributed by atoms with E-state index in [0.717, 1.165) is 15.7 Å². The van der Waals surface area contributed by atoms with Crippen molar-refractivity contribution in [2.75, 3.05) is 0 Å². The summed E-state index contributed by atoms with van der Waals surface area (Å²) < 4.78 is 1.13. The molecule has 0 aliphatic heterocycles. The number of carbonyl (C=O) groups is 1. The number of aromatic carboxylic acids is 1. The van der Waals surface area contributed by atoms with Crippen LogP contribution in [0.2, 0.25) is 5.02 Å². The zero-order valence-corrected chi connectivity index (χ0v) is 12.5. The van der Waals surface area contributed by atoms with Gasteiger partial charge in [0.25, 0.3) is 5.56 Å². The molecule has 0 aliphatic rings. The highest BCUT2D eigenvalue weighted by molar-refractivity contribution is 7.18. The van der Waals surface area contributed by atoms with Crippen LogP contribution in [0.15, 0.2) is 35.4 Å². The zero-order valence-electron chi connectivity index (χ0n) is 10.9. The Hall–Kier alpha value is -2.51. The van der Waals surface area contributed by atoms with E-state index in [0.29, 0.717) is 5.69 Å². The van der Waals surface area contributed by atoms with Crippen LogP contribution in [0, 0.1) is 0 Å². The first-order chi connectivity index (χ1) is 10.6. The summed E-state index contributed by atoms with van der Waals surface area (Å²) in [5, 5.41) is 8.91. The maximum Gasteiger partial charge on any atom is 0.347 e. The van der Waals surface area contributed by atoms with Gasteiger partial charge in [0.2, 0.25) is 0 Å². The molecule has 0 aromatic carbocycles. The fourth-order valence-electron chi connectivity index (χ4n) is 1.78. The lowest BCUT2D eigenvalue weighted by Gasteiger charge is -1.98. The van der Waals surface area contributed by atoms with Gasteiger partial charge in [-0.25, -0.2) is 9.78 Å². The number of carboxylic acids is 1. The fourth-order valence-corrected chi connectivity index (χ4v) is 2.80. The Morgan fingerprint density at radius 3 is 2.86 bits per heavy atom. The standard InChI is InChI=1S/C14H8ClN3O3S/c15-11-9(5-4-8-3-1-2-6-16-8)17-14-18(12(11)19)7-10(22-14)13(20)21/h1-7H,(H,20,21). The minimum absolute atomic E-state index is 0.0199. The van der Waals surface area contributed by atoms with Gasteiger partial charge in [-0.05, 0) is 24.3 Å². The number of rotatable bonds is 3. The van der Waals surface area contributed by atoms with Crippen LogP contribution in [0.3, 0.4) is 0 Å². The molecule has 1 N–H and O–H groups in total. The highest BCUT2D eigenvalue weighted by Gasteiger charge is 2.14. The third kappa shape index (κ3) is 2.63. The monoisotopic (exact) mass is 333 g/mol. The molecular formula is C14H8ClN3O3S. The Bertz CT molecular complexity index is 947. The zero-order chi connectivity index (χ0) is 15.7. The summed E-state index contributed by atoms with van der Waals surface area (Å²) in [4.78, 5) is 31.8. The highest BCUT2D eigenvalue weighted by Crippen LogP contribution is 2.19. The molecule has 3 heterocycles. The number of aromatic nitrogens is 3. The number of fused-ring (bicyclic) bond motifs is 1. The molecule has 3 aromatic heterocycles. The van der Waals surface area contributed by atoms with E-state index in [1.807, 2.05) is 6.07 Å². The number of pyridine rings is 1. The number of hydrogen-bond acceptors (Lipinski definition) is 5. The quantitative estimate of drug-likeness (QED) is 0.796. The second-order valence-electron chi connectivity index (χ2n) is 4.26. The van der Waals surface area contributed by atoms with Crippen LogP contribution in [-0.2, 0) is 0 Å². The summed E-state index contributed by atoms with van der Waals surface area (Å²) in [5.41, 5.74) is 0.463. The normalized spacial score (nSPS) is 11.3. The summed E-state index contributed by atoms with van der Waals surface area (Å²) in [6.07, 6.45) is 6.11. The van der Waals surface area contributed by atoms with E-state index in [2.05, 4.69) is 9.97 Å². The largest absolute Gasteiger partial charge is 0.477 e. The number of halogens is 1. The molecule has 22 heavy (non-hydrogen) atoms. The molecule has 8 heteroatoms. The molecule has 0 unspecified atom stereocenters. The van der Waals surface area contributed by atoms with Crippen molar-refractivity contribution in [3.63, 3.8) is 0 Å². The van der Waals surface area contributed by atoms with E-state index < -0.39 is 11.5 Å². The van der Waals surface area contributed by atoms with E-state index in [1.54, 1.807) is 30.5 Å². The summed E-state index contributed by atoms with van der Waals surface area (Å²) in [6.45, 7) is 0. The van der Waals surface area contributed by atoms with E-state index in [-0.39, 0.29) is 20.6 Å². The van der Waals surface area contributed by atoms with Gasteiger partial charge in [-0.3, -0.25) is 14.2 Å². The summed E-state index contributed by atoms with van der Waals surface area (Å²) >= 11 is 6.93. The van der Waals surface area contributed by atoms with E-state index >= 15 is 0 Å². The molecule has 0 aliphatic carbocycles. The predicted octanol–water partition coefficient (Wildman–Crippen LogP) is 2.67. The van der Waals surface area contributed by atoms with Crippen LogP contribution < -0.4 is 5.56 Å². The molecule has 0 bridgehead atoms. The van der Waals surface area contributed by atoms with Crippen LogP contribution in [0.5, 0.6) is 0 Å². The van der Waals surface area contributed by atoms with Crippen molar-refractivity contribution >= 4 is 46.0 Å². The summed E-state index contributed by atoms with van der Waals surface area (Å²) in [5.74, 6) is -1.11. The van der Waals surface area contributed by atoms with Gasteiger partial charge < -0.3 is 5.11 Å². The third-order valence-electron chi connectivity index (χ3n) is 2.81. The molecule has 6 nitrogen and oxygen atoms in total. The third-order valence-corrected chi connectivity index (χ3v) is 4.14. The van der Waals surface area contributed by atoms with Gasteiger partial charge in [-0.1, -0.05) is 29.0 Å². The molecule has 0 spiro atoms. The first-order valence-corrected chi connectivity index (χ1v) is 7.30. The lowest BCUT2D eigenvalue weighted by Crippen LogP contribution is -2.14. The number of thiazole rings is 1. The molecule has 3 rings (SSSR count). The molecule has 0 amide bonds. The van der Waals surface area contributed by atoms with Gasteiger partial charge in [0.1, 0.15) is 9.90 Å². The van der Waals surface area contributed by atoms with Crippen molar-refractivity contribution in [1.82, 2.24) is 14.4 Å². The van der Waals surface area contributed by atoms with Crippen LogP contribution in [0.1, 0.15) is 21.1 Å². The van der Waals surface area contributed by atoms with E-state index in [9.17, 15) is 9.59 Å². The van der Waals surface area contributed by atoms with Crippen molar-refractivity contribution in [3.05, 3.63) is 62.2 Å². The minimum Gasteiger partial charge on any atom is -0.477 e. The van der Waals surface area contributed by atoms with E-state index in [1.165, 1.54) is 6.20 Å². The molecule has 0 saturated carbocycles. The topological polar surface area (TPSA) is 84.6 Å². The van der Waals surface area contributed by atoms with E-state index in [4.69, 9.17) is 16.7 Å². The Morgan fingerprint density at radius 2 is 2.18 bits per heavy atom. The minimum atomic E-state index is -1.11. The lowest BCUT2D eigenvalue weighted by atomic mass is 10.3. The van der Waals surface area contributed by atoms with Crippen LogP contribution in [0.4, 0.5) is 0 Å². The molecule has 0 atom stereocenters. The maximum atomic E-state index is 12.2. The number of hydrogen-bond donors (Lipinski definition) is 1. The number of carboxylic acid groups (broad SMARTS) is 1. The van der Waals surface area contributed by atoms with Gasteiger partial charge in [-0.15, -0.1) is 0 Å². The van der Waals surface area contributed by atoms with Crippen molar-refractivity contribution in [2.24, 2.45) is 0 Å². The lowest BCUT2D eigenvalue weighted by molar-refractivity contribution is 0.0702. The first-order valence-electron chi connectivity index (χ1n) is 6.10. The smallest absolute Gasteiger partial charge is 0.347 e. The van der Waals surface area contributed by atoms with Crippen LogP contribution in [-0.4, -0.2) is 25.4 Å². The predicted molar refractivity (Wildman–Crippen MR) is 84.5 cm³/mol. The average molecular weight is 334 g/mol. The van der Waals surface area contributed by atoms with Crippen LogP contribution in [0.25, 0.3) is 17.1 Å². The Kier molecular flexibility index (Phi) is 3.74. The molecule has 0 radical (unpaired) electrons. The van der Waals surface area contributed by atoms with Crippen molar-refractivity contribution in [1.29, 1.82) is 0 Å². The SMILES string of the molecule is O=C(O)c1cn2c(=O)c(Cl)c(C=Cc3ccccn3)nc2s1. The van der Waals surface area contributed by atoms with Gasteiger partial charge >= 0.3 is 5.97 Å². The molecule has 3 aromatic rings. The second-order valence-corrected chi connectivity index (χ2v) is 5.64. The Morgan fingerprint density at radius 1 is 1.36 bits per heavy atom. The maximum absolute atomic E-state index is 12.2. The van der Waals surface area contributed by atoms with Gasteiger partial charge in [0.15, 0.2) is 4.96 Å². The second kappa shape index (κ2) is 5.70. The Labute approximate surface area is 133 Å². The van der Waals surface area contributed by atoms with Crippen LogP contribution >= 0.6 is 22.9 Å². The summed E-state index contributed by atoms with van der Waals surface area (Å²) in [7, 11) is 0. The fraction of sp³-hybridized carbons (Fsp3) is 0. The Balaban J connectivity index is 2.10. The van der Waals surface area contributed by atoms with Gasteiger partial charge in [0.05, 0.1) is 11.4 Å². The molecular weight excluding hydrogens is 326 g/mol. The molecule has 0 saturated heterocycles. The first kappa shape index (κ1) is 14.4.